The maximum atomic E-state index is 12.9. The summed E-state index contributed by atoms with van der Waals surface area (Å²) in [7, 11) is -4.81. The minimum atomic E-state index is -4.81. The van der Waals surface area contributed by atoms with Crippen LogP contribution in [-0.2, 0) is 42.2 Å². The molecule has 0 rings (SSSR count). The number of carbonyl (C=O) groups excluding carboxylic acids is 3. The molecule has 0 heterocycles. The second-order valence-electron chi connectivity index (χ2n) is 18.7. The van der Waals surface area contributed by atoms with E-state index in [1.165, 1.54) is 0 Å². The highest BCUT2D eigenvalue weighted by Gasteiger charge is 2.28. The predicted molar refractivity (Wildman–Crippen MR) is 334 cm³/mol. The van der Waals surface area contributed by atoms with Crippen LogP contribution in [0.3, 0.4) is 0 Å². The molecule has 0 aromatic rings. The molecule has 12 heteroatoms. The Hall–Kier alpha value is -5.42. The molecule has 0 radical (unpaired) electrons. The third-order valence-corrected chi connectivity index (χ3v) is 12.3. The number of phosphoric ester groups is 1. The van der Waals surface area contributed by atoms with Gasteiger partial charge in [0.2, 0.25) is 0 Å². The van der Waals surface area contributed by atoms with Gasteiger partial charge in [0.15, 0.2) is 6.10 Å². The largest absolute Gasteiger partial charge is 0.472 e. The molecule has 11 nitrogen and oxygen atoms in total. The fourth-order valence-electron chi connectivity index (χ4n) is 6.94. The van der Waals surface area contributed by atoms with E-state index in [0.717, 1.165) is 116 Å². The van der Waals surface area contributed by atoms with Gasteiger partial charge in [-0.3, -0.25) is 23.4 Å². The quantitative estimate of drug-likeness (QED) is 0.0197. The number of aliphatic hydroxyl groups is 1. The van der Waals surface area contributed by atoms with E-state index >= 15 is 0 Å². The molecular formula is C68H103O11P. The molecule has 0 bridgehead atoms. The molecule has 80 heavy (non-hydrogen) atoms. The fourth-order valence-corrected chi connectivity index (χ4v) is 7.72. The van der Waals surface area contributed by atoms with Gasteiger partial charge in [0.25, 0.3) is 0 Å². The summed E-state index contributed by atoms with van der Waals surface area (Å²) in [5.41, 5.74) is 0. The number of ether oxygens (including phenoxy) is 3. The lowest BCUT2D eigenvalue weighted by atomic mass is 10.1. The van der Waals surface area contributed by atoms with Crippen molar-refractivity contribution in [3.8, 4) is 0 Å². The lowest BCUT2D eigenvalue weighted by molar-refractivity contribution is -0.161. The van der Waals surface area contributed by atoms with Crippen molar-refractivity contribution in [2.24, 2.45) is 0 Å². The lowest BCUT2D eigenvalue weighted by Gasteiger charge is -2.21. The van der Waals surface area contributed by atoms with Gasteiger partial charge >= 0.3 is 25.7 Å². The van der Waals surface area contributed by atoms with E-state index < -0.39 is 64.4 Å². The van der Waals surface area contributed by atoms with Crippen LogP contribution in [0, 0.1) is 0 Å². The van der Waals surface area contributed by atoms with Gasteiger partial charge in [-0.05, 0) is 135 Å². The van der Waals surface area contributed by atoms with Crippen LogP contribution in [-0.4, -0.2) is 66.5 Å². The first-order valence-corrected chi connectivity index (χ1v) is 31.2. The van der Waals surface area contributed by atoms with Gasteiger partial charge < -0.3 is 24.2 Å². The Morgan fingerprint density at radius 3 is 1.04 bits per heavy atom. The number of aliphatic hydroxyl groups excluding tert-OH is 1. The zero-order valence-corrected chi connectivity index (χ0v) is 50.1. The fraction of sp³-hybridized carbons (Fsp3) is 0.515. The number of allylic oxidation sites excluding steroid dienone is 30. The topological polar surface area (TPSA) is 155 Å². The van der Waals surface area contributed by atoms with Crippen LogP contribution < -0.4 is 0 Å². The van der Waals surface area contributed by atoms with Crippen molar-refractivity contribution in [1.82, 2.24) is 0 Å². The van der Waals surface area contributed by atoms with Gasteiger partial charge in [0.1, 0.15) is 12.7 Å². The zero-order chi connectivity index (χ0) is 58.3. The van der Waals surface area contributed by atoms with Crippen LogP contribution in [0.25, 0.3) is 0 Å². The highest BCUT2D eigenvalue weighted by molar-refractivity contribution is 7.47. The number of hydrogen-bond acceptors (Lipinski definition) is 10. The molecule has 0 aromatic carbocycles. The molecule has 0 aromatic heterocycles. The Bertz CT molecular complexity index is 2040. The van der Waals surface area contributed by atoms with Gasteiger partial charge in [-0.25, -0.2) is 4.57 Å². The molecule has 2 N–H and O–H groups in total. The maximum absolute atomic E-state index is 12.9. The van der Waals surface area contributed by atoms with E-state index in [-0.39, 0.29) is 19.3 Å². The first kappa shape index (κ1) is 74.6. The van der Waals surface area contributed by atoms with Crippen LogP contribution in [0.4, 0.5) is 0 Å². The van der Waals surface area contributed by atoms with Crippen molar-refractivity contribution in [3.05, 3.63) is 182 Å². The summed E-state index contributed by atoms with van der Waals surface area (Å²) in [6, 6.07) is 0. The minimum Gasteiger partial charge on any atom is -0.462 e. The van der Waals surface area contributed by atoms with E-state index in [1.54, 1.807) is 0 Å². The molecule has 0 aliphatic rings. The van der Waals surface area contributed by atoms with E-state index in [0.29, 0.717) is 32.1 Å². The smallest absolute Gasteiger partial charge is 0.462 e. The Labute approximate surface area is 484 Å². The third-order valence-electron chi connectivity index (χ3n) is 11.3. The van der Waals surface area contributed by atoms with Crippen LogP contribution in [0.1, 0.15) is 188 Å². The van der Waals surface area contributed by atoms with Crippen LogP contribution in [0.15, 0.2) is 182 Å². The van der Waals surface area contributed by atoms with Crippen molar-refractivity contribution in [1.29, 1.82) is 0 Å². The molecule has 0 saturated heterocycles. The second-order valence-corrected chi connectivity index (χ2v) is 20.1. The number of phosphoric acid groups is 1. The number of esters is 3. The molecule has 3 unspecified atom stereocenters. The molecule has 0 spiro atoms. The van der Waals surface area contributed by atoms with Crippen molar-refractivity contribution in [2.45, 2.75) is 200 Å². The zero-order valence-electron chi connectivity index (χ0n) is 49.2. The average molecular weight is 1130 g/mol. The predicted octanol–water partition coefficient (Wildman–Crippen LogP) is 18.0. The van der Waals surface area contributed by atoms with Crippen LogP contribution >= 0.6 is 7.82 Å². The van der Waals surface area contributed by atoms with Gasteiger partial charge in [0, 0.05) is 19.3 Å². The molecule has 0 fully saturated rings. The monoisotopic (exact) mass is 1130 g/mol. The first-order valence-electron chi connectivity index (χ1n) is 29.7. The first-order chi connectivity index (χ1) is 39.2. The SMILES string of the molecule is CC/C=C\C/C=C\C/C=C\C/C=C\C/C=C\C/C=C\CCC(=O)OC(COC(=O)CCCCCC/C=C\C/C=C\C/C=C\C/C=C\CC)COP(=O)(O)OCC(CO)OC(=O)CCC/C=C\C/C=C\C/C=C\C/C=C\C/C=C\CC. The molecule has 0 saturated carbocycles. The standard InChI is InChI=1S/C68H103O11P/c1-4-7-10-13-16-19-22-25-28-31-32-35-38-41-44-47-50-53-56-59-68(72)79-65(61-75-66(70)57-54-51-48-45-42-39-36-33-29-26-23-20-17-14-11-8-5-2)63-77-80(73,74)76-62-64(60-69)78-67(71)58-55-52-49-46-43-40-37-34-30-27-24-21-18-15-12-9-6-3/h7-12,16-21,25-30,32,35-37,39-41,44,46,49-50,53,64-65,69H,4-6,13-15,22-24,31,33-34,38,42-43,45,47-48,51-52,54-63H2,1-3H3,(H,73,74)/b10-7-,11-8-,12-9-,19-16-,20-17-,21-18-,28-25-,29-26-,30-27-,35-32-,39-36-,40-37-,44-41-,49-46-,53-50-. The van der Waals surface area contributed by atoms with Crippen LogP contribution in [0.5, 0.6) is 0 Å². The molecule has 0 aliphatic carbocycles. The normalized spacial score (nSPS) is 14.6. The molecular weight excluding hydrogens is 1020 g/mol. The van der Waals surface area contributed by atoms with Gasteiger partial charge in [-0.2, -0.15) is 0 Å². The van der Waals surface area contributed by atoms with E-state index in [2.05, 4.69) is 179 Å². The Balaban J connectivity index is 4.96. The summed E-state index contributed by atoms with van der Waals surface area (Å²) < 4.78 is 39.4. The summed E-state index contributed by atoms with van der Waals surface area (Å²) in [5, 5.41) is 9.82. The third kappa shape index (κ3) is 57.3. The van der Waals surface area contributed by atoms with Gasteiger partial charge in [-0.15, -0.1) is 0 Å². The molecule has 446 valence electrons. The average Bonchev–Trinajstić information content (AvgIpc) is 3.45. The summed E-state index contributed by atoms with van der Waals surface area (Å²) in [6.45, 7) is 4.09. The molecule has 0 aliphatic heterocycles. The van der Waals surface area contributed by atoms with Crippen molar-refractivity contribution in [2.75, 3.05) is 26.4 Å². The number of unbranched alkanes of at least 4 members (excludes halogenated alkanes) is 5. The van der Waals surface area contributed by atoms with Gasteiger partial charge in [0.05, 0.1) is 19.8 Å². The Morgan fingerprint density at radius 1 is 0.350 bits per heavy atom. The Morgan fingerprint density at radius 2 is 0.650 bits per heavy atom. The highest BCUT2D eigenvalue weighted by Crippen LogP contribution is 2.43. The summed E-state index contributed by atoms with van der Waals surface area (Å²) in [6.07, 6.45) is 81.6. The van der Waals surface area contributed by atoms with Crippen LogP contribution in [0.2, 0.25) is 0 Å². The van der Waals surface area contributed by atoms with Gasteiger partial charge in [-0.1, -0.05) is 216 Å². The summed E-state index contributed by atoms with van der Waals surface area (Å²) in [5.74, 6) is -1.69. The Kier molecular flexibility index (Phi) is 55.7. The molecule has 0 amide bonds. The number of rotatable bonds is 52. The number of carbonyl (C=O) groups is 3. The molecule has 3 atom stereocenters. The summed E-state index contributed by atoms with van der Waals surface area (Å²) >= 11 is 0. The van der Waals surface area contributed by atoms with E-state index in [9.17, 15) is 28.9 Å². The van der Waals surface area contributed by atoms with Crippen molar-refractivity contribution in [3.63, 3.8) is 0 Å². The number of hydrogen-bond donors (Lipinski definition) is 2. The van der Waals surface area contributed by atoms with E-state index in [4.69, 9.17) is 23.3 Å². The van der Waals surface area contributed by atoms with E-state index in [1.807, 2.05) is 24.3 Å². The highest BCUT2D eigenvalue weighted by atomic mass is 31.2. The lowest BCUT2D eigenvalue weighted by Crippen LogP contribution is -2.30. The minimum absolute atomic E-state index is 0.0205. The second kappa shape index (κ2) is 59.7. The van der Waals surface area contributed by atoms with Crippen molar-refractivity contribution >= 4 is 25.7 Å². The summed E-state index contributed by atoms with van der Waals surface area (Å²) in [4.78, 5) is 48.6. The van der Waals surface area contributed by atoms with Crippen molar-refractivity contribution < 1.29 is 52.2 Å². The maximum Gasteiger partial charge on any atom is 0.472 e.